The van der Waals surface area contributed by atoms with E-state index >= 15 is 0 Å². The number of esters is 1. The van der Waals surface area contributed by atoms with Gasteiger partial charge >= 0.3 is 5.97 Å². The second kappa shape index (κ2) is 9.61. The number of anilines is 1. The Morgan fingerprint density at radius 1 is 1.18 bits per heavy atom. The molecule has 0 spiro atoms. The Morgan fingerprint density at radius 3 is 2.73 bits per heavy atom. The second-order valence-corrected chi connectivity index (χ2v) is 7.34. The molecule has 1 amide bonds. The second-order valence-electron chi connectivity index (χ2n) is 7.34. The van der Waals surface area contributed by atoms with E-state index in [2.05, 4.69) is 15.0 Å². The molecule has 3 aromatic rings. The van der Waals surface area contributed by atoms with Crippen molar-refractivity contribution < 1.29 is 23.8 Å². The highest BCUT2D eigenvalue weighted by atomic mass is 16.5. The van der Waals surface area contributed by atoms with Crippen molar-refractivity contribution in [3.05, 3.63) is 65.7 Å². The molecule has 0 saturated carbocycles. The predicted molar refractivity (Wildman–Crippen MR) is 118 cm³/mol. The molecule has 2 aromatic heterocycles. The number of fused-ring (bicyclic) bond motifs is 1. The van der Waals surface area contributed by atoms with E-state index < -0.39 is 12.1 Å². The molecule has 1 aromatic carbocycles. The maximum atomic E-state index is 13.2. The van der Waals surface area contributed by atoms with Crippen molar-refractivity contribution in [3.8, 4) is 17.5 Å². The average Bonchev–Trinajstić information content (AvgIpc) is 2.82. The predicted octanol–water partition coefficient (Wildman–Crippen LogP) is 2.15. The van der Waals surface area contributed by atoms with Gasteiger partial charge in [0.2, 0.25) is 11.8 Å². The van der Waals surface area contributed by atoms with E-state index in [0.717, 1.165) is 11.1 Å². The minimum atomic E-state index is -0.976. The minimum Gasteiger partial charge on any atom is -0.481 e. The summed E-state index contributed by atoms with van der Waals surface area (Å²) in [5, 5.41) is 0. The van der Waals surface area contributed by atoms with Crippen LogP contribution in [0.5, 0.6) is 17.5 Å². The molecular weight excluding hydrogens is 426 g/mol. The summed E-state index contributed by atoms with van der Waals surface area (Å²) in [6.07, 6.45) is 2.21. The van der Waals surface area contributed by atoms with Crippen molar-refractivity contribution in [3.63, 3.8) is 0 Å². The van der Waals surface area contributed by atoms with Gasteiger partial charge in [-0.25, -0.2) is 15.0 Å². The van der Waals surface area contributed by atoms with Crippen LogP contribution in [-0.4, -0.2) is 40.0 Å². The lowest BCUT2D eigenvalue weighted by molar-refractivity contribution is -0.153. The van der Waals surface area contributed by atoms with Crippen LogP contribution in [0.25, 0.3) is 0 Å². The molecule has 0 saturated heterocycles. The summed E-state index contributed by atoms with van der Waals surface area (Å²) in [6.45, 7) is 1.76. The van der Waals surface area contributed by atoms with Crippen LogP contribution in [0.2, 0.25) is 0 Å². The van der Waals surface area contributed by atoms with Crippen molar-refractivity contribution in [2.75, 3.05) is 12.0 Å². The third kappa shape index (κ3) is 4.90. The van der Waals surface area contributed by atoms with Gasteiger partial charge in [-0.2, -0.15) is 0 Å². The van der Waals surface area contributed by atoms with Crippen LogP contribution in [0, 0.1) is 0 Å². The Hall–Kier alpha value is -4.05. The Labute approximate surface area is 190 Å². The highest BCUT2D eigenvalue weighted by Gasteiger charge is 2.36. The topological polar surface area (TPSA) is 130 Å². The first-order valence-corrected chi connectivity index (χ1v) is 10.3. The van der Waals surface area contributed by atoms with E-state index in [1.807, 2.05) is 12.1 Å². The van der Waals surface area contributed by atoms with Gasteiger partial charge in [-0.1, -0.05) is 12.1 Å². The smallest absolute Gasteiger partial charge is 0.303 e. The molecule has 10 nitrogen and oxygen atoms in total. The van der Waals surface area contributed by atoms with Gasteiger partial charge in [-0.3, -0.25) is 9.59 Å². The molecule has 1 unspecified atom stereocenters. The Bertz CT molecular complexity index is 1170. The van der Waals surface area contributed by atoms with Gasteiger partial charge < -0.3 is 24.8 Å². The molecule has 0 radical (unpaired) electrons. The van der Waals surface area contributed by atoms with Gasteiger partial charge in [-0.05, 0) is 17.7 Å². The van der Waals surface area contributed by atoms with Gasteiger partial charge in [0.15, 0.2) is 6.10 Å². The third-order valence-corrected chi connectivity index (χ3v) is 5.11. The molecule has 1 atom stereocenters. The summed E-state index contributed by atoms with van der Waals surface area (Å²) in [5.74, 6) is 0.435. The normalized spacial score (nSPS) is 15.1. The zero-order valence-corrected chi connectivity index (χ0v) is 18.2. The summed E-state index contributed by atoms with van der Waals surface area (Å²) in [7, 11) is 1.53. The molecule has 170 valence electrons. The largest absolute Gasteiger partial charge is 0.481 e. The Kier molecular flexibility index (Phi) is 6.45. The van der Waals surface area contributed by atoms with E-state index in [1.165, 1.54) is 20.4 Å². The number of benzene rings is 1. The quantitative estimate of drug-likeness (QED) is 0.539. The molecular formula is C23H23N5O5. The van der Waals surface area contributed by atoms with Crippen LogP contribution >= 0.6 is 0 Å². The maximum Gasteiger partial charge on any atom is 0.303 e. The molecule has 0 bridgehead atoms. The van der Waals surface area contributed by atoms with Crippen molar-refractivity contribution in [1.82, 2.24) is 15.0 Å². The number of hydrogen-bond acceptors (Lipinski definition) is 9. The fraction of sp³-hybridized carbons (Fsp3) is 0.261. The van der Waals surface area contributed by atoms with Gasteiger partial charge in [0.1, 0.15) is 12.1 Å². The number of rotatable bonds is 7. The first-order valence-electron chi connectivity index (χ1n) is 10.3. The van der Waals surface area contributed by atoms with Gasteiger partial charge in [0, 0.05) is 43.8 Å². The lowest BCUT2D eigenvalue weighted by Gasteiger charge is -2.34. The SMILES string of the molecule is COc1ccc(CN2C(=O)C(OC(C)=O)Cc3c(Oc4cc(CN)ncn4)cccc32)cn1. The molecule has 1 aliphatic heterocycles. The molecule has 10 heteroatoms. The summed E-state index contributed by atoms with van der Waals surface area (Å²) < 4.78 is 16.5. The molecule has 2 N–H and O–H groups in total. The van der Waals surface area contributed by atoms with Crippen LogP contribution in [-0.2, 0) is 33.8 Å². The van der Waals surface area contributed by atoms with Gasteiger partial charge in [-0.15, -0.1) is 0 Å². The zero-order chi connectivity index (χ0) is 23.4. The van der Waals surface area contributed by atoms with Crippen molar-refractivity contribution in [1.29, 1.82) is 0 Å². The zero-order valence-electron chi connectivity index (χ0n) is 18.2. The number of aromatic nitrogens is 3. The third-order valence-electron chi connectivity index (χ3n) is 5.11. The van der Waals surface area contributed by atoms with E-state index in [9.17, 15) is 9.59 Å². The summed E-state index contributed by atoms with van der Waals surface area (Å²) >= 11 is 0. The molecule has 1 aliphatic rings. The average molecular weight is 449 g/mol. The Balaban J connectivity index is 1.71. The molecule has 0 fully saturated rings. The number of pyridine rings is 1. The number of carbonyl (C=O) groups excluding carboxylic acids is 2. The summed E-state index contributed by atoms with van der Waals surface area (Å²) in [4.78, 5) is 38.9. The fourth-order valence-corrected chi connectivity index (χ4v) is 3.59. The fourth-order valence-electron chi connectivity index (χ4n) is 3.59. The number of ether oxygens (including phenoxy) is 3. The summed E-state index contributed by atoms with van der Waals surface area (Å²) in [6, 6.07) is 10.6. The van der Waals surface area contributed by atoms with Crippen molar-refractivity contribution in [2.45, 2.75) is 32.5 Å². The summed E-state index contributed by atoms with van der Waals surface area (Å²) in [5.41, 5.74) is 8.45. The van der Waals surface area contributed by atoms with Crippen LogP contribution in [0.15, 0.2) is 48.9 Å². The number of nitrogens with two attached hydrogens (primary N) is 1. The Morgan fingerprint density at radius 2 is 2.03 bits per heavy atom. The van der Waals surface area contributed by atoms with Crippen LogP contribution < -0.4 is 20.1 Å². The number of nitrogens with zero attached hydrogens (tertiary/aromatic N) is 4. The first-order chi connectivity index (χ1) is 16.0. The van der Waals surface area contributed by atoms with Crippen LogP contribution in [0.1, 0.15) is 23.7 Å². The monoisotopic (exact) mass is 449 g/mol. The number of amides is 1. The highest BCUT2D eigenvalue weighted by molar-refractivity contribution is 6.01. The van der Waals surface area contributed by atoms with Crippen LogP contribution in [0.4, 0.5) is 5.69 Å². The molecule has 4 rings (SSSR count). The lowest BCUT2D eigenvalue weighted by Crippen LogP contribution is -2.46. The molecule has 33 heavy (non-hydrogen) atoms. The number of carbonyl (C=O) groups is 2. The standard InChI is InChI=1S/C23H23N5O5/c1-14(29)32-20-9-17-18(28(23(20)30)12-15-6-7-21(31-2)25-11-15)4-3-5-19(17)33-22-8-16(10-24)26-13-27-22/h3-8,11,13,20H,9-10,12,24H2,1-2H3. The van der Waals surface area contributed by atoms with Gasteiger partial charge in [0.05, 0.1) is 25.0 Å². The van der Waals surface area contributed by atoms with Crippen molar-refractivity contribution in [2.24, 2.45) is 5.73 Å². The van der Waals surface area contributed by atoms with E-state index in [-0.39, 0.29) is 25.4 Å². The minimum absolute atomic E-state index is 0.177. The van der Waals surface area contributed by atoms with Gasteiger partial charge in [0.25, 0.3) is 5.91 Å². The number of methoxy groups -OCH3 is 1. The molecule has 3 heterocycles. The highest BCUT2D eigenvalue weighted by Crippen LogP contribution is 2.38. The number of hydrogen-bond donors (Lipinski definition) is 1. The van der Waals surface area contributed by atoms with Crippen LogP contribution in [0.3, 0.4) is 0 Å². The molecule has 0 aliphatic carbocycles. The van der Waals surface area contributed by atoms with E-state index in [0.29, 0.717) is 28.9 Å². The van der Waals surface area contributed by atoms with E-state index in [1.54, 1.807) is 35.4 Å². The maximum absolute atomic E-state index is 13.2. The first kappa shape index (κ1) is 22.2. The van der Waals surface area contributed by atoms with Crippen molar-refractivity contribution >= 4 is 17.6 Å². The van der Waals surface area contributed by atoms with E-state index in [4.69, 9.17) is 19.9 Å². The lowest BCUT2D eigenvalue weighted by atomic mass is 9.97.